The minimum Gasteiger partial charge on any atom is -0.383 e. The summed E-state index contributed by atoms with van der Waals surface area (Å²) in [7, 11) is 3.46. The standard InChI is InChI=1S/C9H15BrN4O/c1-6(5-15-3)13-8-7(10)4-12-9(11-2)14-8/h4,6H,5H2,1-3H3,(H2,11,12,13,14). The summed E-state index contributed by atoms with van der Waals surface area (Å²) in [6.45, 7) is 2.66. The summed E-state index contributed by atoms with van der Waals surface area (Å²) in [4.78, 5) is 8.35. The molecule has 6 heteroatoms. The molecule has 1 heterocycles. The Morgan fingerprint density at radius 1 is 1.60 bits per heavy atom. The van der Waals surface area contributed by atoms with Crippen molar-refractivity contribution in [2.24, 2.45) is 0 Å². The van der Waals surface area contributed by atoms with Crippen molar-refractivity contribution in [2.45, 2.75) is 13.0 Å². The van der Waals surface area contributed by atoms with Crippen molar-refractivity contribution in [1.82, 2.24) is 9.97 Å². The van der Waals surface area contributed by atoms with Crippen molar-refractivity contribution in [1.29, 1.82) is 0 Å². The number of methoxy groups -OCH3 is 1. The Morgan fingerprint density at radius 2 is 2.33 bits per heavy atom. The predicted molar refractivity (Wildman–Crippen MR) is 64.2 cm³/mol. The summed E-state index contributed by atoms with van der Waals surface area (Å²) in [6, 6.07) is 0.200. The first kappa shape index (κ1) is 12.2. The van der Waals surface area contributed by atoms with E-state index in [1.165, 1.54) is 0 Å². The lowest BCUT2D eigenvalue weighted by Crippen LogP contribution is -2.22. The molecule has 1 rings (SSSR count). The van der Waals surface area contributed by atoms with Crippen LogP contribution in [0.5, 0.6) is 0 Å². The molecule has 0 bridgehead atoms. The molecule has 0 aliphatic carbocycles. The first-order valence-electron chi connectivity index (χ1n) is 4.63. The zero-order valence-corrected chi connectivity index (χ0v) is 10.6. The van der Waals surface area contributed by atoms with E-state index in [2.05, 4.69) is 36.5 Å². The minimum atomic E-state index is 0.200. The SMILES string of the molecule is CNc1ncc(Br)c(NC(C)COC)n1. The number of hydrogen-bond acceptors (Lipinski definition) is 5. The third-order valence-electron chi connectivity index (χ3n) is 1.77. The van der Waals surface area contributed by atoms with E-state index in [1.807, 2.05) is 6.92 Å². The lowest BCUT2D eigenvalue weighted by molar-refractivity contribution is 0.190. The van der Waals surface area contributed by atoms with Crippen molar-refractivity contribution in [3.8, 4) is 0 Å². The predicted octanol–water partition coefficient (Wildman–Crippen LogP) is 1.73. The topological polar surface area (TPSA) is 59.1 Å². The fourth-order valence-electron chi connectivity index (χ4n) is 1.11. The van der Waals surface area contributed by atoms with Gasteiger partial charge in [0.2, 0.25) is 5.95 Å². The third-order valence-corrected chi connectivity index (χ3v) is 2.35. The smallest absolute Gasteiger partial charge is 0.224 e. The first-order valence-corrected chi connectivity index (χ1v) is 5.42. The van der Waals surface area contributed by atoms with Gasteiger partial charge in [0.05, 0.1) is 11.1 Å². The molecule has 0 radical (unpaired) electrons. The van der Waals surface area contributed by atoms with E-state index in [-0.39, 0.29) is 6.04 Å². The third kappa shape index (κ3) is 3.64. The summed E-state index contributed by atoms with van der Waals surface area (Å²) >= 11 is 3.38. The fraction of sp³-hybridized carbons (Fsp3) is 0.556. The van der Waals surface area contributed by atoms with E-state index >= 15 is 0 Å². The lowest BCUT2D eigenvalue weighted by atomic mass is 10.3. The second-order valence-corrected chi connectivity index (χ2v) is 4.00. The number of nitrogens with one attached hydrogen (secondary N) is 2. The Labute approximate surface area is 97.8 Å². The highest BCUT2D eigenvalue weighted by Crippen LogP contribution is 2.20. The second-order valence-electron chi connectivity index (χ2n) is 3.14. The molecule has 1 unspecified atom stereocenters. The summed E-state index contributed by atoms with van der Waals surface area (Å²) in [6.07, 6.45) is 1.71. The monoisotopic (exact) mass is 274 g/mol. The van der Waals surface area contributed by atoms with Crippen LogP contribution in [0.2, 0.25) is 0 Å². The molecule has 0 amide bonds. The van der Waals surface area contributed by atoms with Crippen molar-refractivity contribution in [2.75, 3.05) is 31.4 Å². The van der Waals surface area contributed by atoms with Crippen molar-refractivity contribution in [3.05, 3.63) is 10.7 Å². The molecular formula is C9H15BrN4O. The zero-order chi connectivity index (χ0) is 11.3. The van der Waals surface area contributed by atoms with E-state index < -0.39 is 0 Å². The summed E-state index contributed by atoms with van der Waals surface area (Å²) in [5, 5.41) is 6.11. The van der Waals surface area contributed by atoms with Gasteiger partial charge in [-0.3, -0.25) is 0 Å². The molecule has 0 aromatic carbocycles. The lowest BCUT2D eigenvalue weighted by Gasteiger charge is -2.14. The first-order chi connectivity index (χ1) is 7.17. The molecule has 0 spiro atoms. The van der Waals surface area contributed by atoms with Gasteiger partial charge in [0.15, 0.2) is 0 Å². The quantitative estimate of drug-likeness (QED) is 0.857. The van der Waals surface area contributed by atoms with Gasteiger partial charge in [0.1, 0.15) is 5.82 Å². The van der Waals surface area contributed by atoms with Crippen LogP contribution in [0, 0.1) is 0 Å². The molecular weight excluding hydrogens is 260 g/mol. The van der Waals surface area contributed by atoms with Gasteiger partial charge >= 0.3 is 0 Å². The Balaban J connectivity index is 2.74. The van der Waals surface area contributed by atoms with Crippen LogP contribution in [0.25, 0.3) is 0 Å². The molecule has 15 heavy (non-hydrogen) atoms. The molecule has 0 aliphatic rings. The van der Waals surface area contributed by atoms with Crippen LogP contribution >= 0.6 is 15.9 Å². The van der Waals surface area contributed by atoms with Crippen LogP contribution in [0.1, 0.15) is 6.92 Å². The molecule has 84 valence electrons. The maximum absolute atomic E-state index is 5.04. The Hall–Kier alpha value is -0.880. The number of rotatable bonds is 5. The van der Waals surface area contributed by atoms with Crippen LogP contribution in [-0.4, -0.2) is 36.8 Å². The molecule has 0 saturated heterocycles. The van der Waals surface area contributed by atoms with Crippen molar-refractivity contribution >= 4 is 27.7 Å². The Morgan fingerprint density at radius 3 is 2.93 bits per heavy atom. The van der Waals surface area contributed by atoms with E-state index in [0.717, 1.165) is 10.3 Å². The number of aromatic nitrogens is 2. The van der Waals surface area contributed by atoms with Crippen molar-refractivity contribution in [3.63, 3.8) is 0 Å². The summed E-state index contributed by atoms with van der Waals surface area (Å²) in [5.74, 6) is 1.35. The number of hydrogen-bond donors (Lipinski definition) is 2. The van der Waals surface area contributed by atoms with Gasteiger partial charge in [-0.1, -0.05) is 0 Å². The van der Waals surface area contributed by atoms with Crippen LogP contribution in [0.15, 0.2) is 10.7 Å². The van der Waals surface area contributed by atoms with Gasteiger partial charge in [-0.25, -0.2) is 4.98 Å². The van der Waals surface area contributed by atoms with Gasteiger partial charge in [-0.2, -0.15) is 4.98 Å². The molecule has 0 saturated carbocycles. The van der Waals surface area contributed by atoms with Gasteiger partial charge in [0, 0.05) is 26.4 Å². The van der Waals surface area contributed by atoms with Crippen LogP contribution in [0.3, 0.4) is 0 Å². The molecule has 1 atom stereocenters. The normalized spacial score (nSPS) is 12.3. The van der Waals surface area contributed by atoms with Crippen molar-refractivity contribution < 1.29 is 4.74 Å². The molecule has 0 fully saturated rings. The Bertz CT molecular complexity index is 321. The average molecular weight is 275 g/mol. The van der Waals surface area contributed by atoms with Crippen LogP contribution in [0.4, 0.5) is 11.8 Å². The largest absolute Gasteiger partial charge is 0.383 e. The molecule has 5 nitrogen and oxygen atoms in total. The number of nitrogens with zero attached hydrogens (tertiary/aromatic N) is 2. The number of halogens is 1. The number of ether oxygens (including phenoxy) is 1. The highest BCUT2D eigenvalue weighted by atomic mass is 79.9. The fourth-order valence-corrected chi connectivity index (χ4v) is 1.42. The van der Waals surface area contributed by atoms with Crippen LogP contribution < -0.4 is 10.6 Å². The average Bonchev–Trinajstić information content (AvgIpc) is 2.21. The van der Waals surface area contributed by atoms with E-state index in [1.54, 1.807) is 20.4 Å². The van der Waals surface area contributed by atoms with Gasteiger partial charge in [-0.15, -0.1) is 0 Å². The summed E-state index contributed by atoms with van der Waals surface area (Å²) < 4.78 is 5.87. The number of anilines is 2. The van der Waals surface area contributed by atoms with E-state index in [4.69, 9.17) is 4.74 Å². The molecule has 1 aromatic rings. The highest BCUT2D eigenvalue weighted by Gasteiger charge is 2.07. The van der Waals surface area contributed by atoms with Gasteiger partial charge < -0.3 is 15.4 Å². The van der Waals surface area contributed by atoms with E-state index in [9.17, 15) is 0 Å². The zero-order valence-electron chi connectivity index (χ0n) is 9.04. The molecule has 0 aliphatic heterocycles. The highest BCUT2D eigenvalue weighted by molar-refractivity contribution is 9.10. The van der Waals surface area contributed by atoms with Crippen LogP contribution in [-0.2, 0) is 4.74 Å². The molecule has 1 aromatic heterocycles. The summed E-state index contributed by atoms with van der Waals surface area (Å²) in [5.41, 5.74) is 0. The van der Waals surface area contributed by atoms with Gasteiger partial charge in [0.25, 0.3) is 0 Å². The maximum Gasteiger partial charge on any atom is 0.224 e. The second kappa shape index (κ2) is 5.87. The molecule has 2 N–H and O–H groups in total. The minimum absolute atomic E-state index is 0.200. The maximum atomic E-state index is 5.04. The van der Waals surface area contributed by atoms with Gasteiger partial charge in [-0.05, 0) is 22.9 Å². The van der Waals surface area contributed by atoms with E-state index in [0.29, 0.717) is 12.6 Å². The Kier molecular flexibility index (Phi) is 4.77.